The first-order chi connectivity index (χ1) is 15.7. The molecule has 174 valence electrons. The minimum Gasteiger partial charge on any atom is -0.480 e. The number of amides is 2. The van der Waals surface area contributed by atoms with Crippen LogP contribution in [0.1, 0.15) is 37.8 Å². The van der Waals surface area contributed by atoms with Crippen molar-refractivity contribution in [3.05, 3.63) is 59.7 Å². The van der Waals surface area contributed by atoms with Gasteiger partial charge in [0.2, 0.25) is 0 Å². The van der Waals surface area contributed by atoms with Crippen molar-refractivity contribution in [3.63, 3.8) is 0 Å². The fraction of sp³-hybridized carbons (Fsp3) is 0.400. The zero-order valence-corrected chi connectivity index (χ0v) is 19.0. The molecular formula is C25H28N2O6. The molecule has 1 heterocycles. The van der Waals surface area contributed by atoms with Crippen molar-refractivity contribution >= 4 is 18.2 Å². The van der Waals surface area contributed by atoms with Gasteiger partial charge in [0.1, 0.15) is 12.2 Å². The Bertz CT molecular complexity index is 1030. The standard InChI is InChI=1S/C25H28N2O6/c1-25(2,3)33-24(31)27-13-12-26(14-21(27)22(28)29)23(30)32-15-20-18-10-6-4-8-16(18)17-9-5-7-11-19(17)20/h4-11,20-21H,12-15H2,1-3H3,(H,28,29)/t21-/m0/s1. The van der Waals surface area contributed by atoms with Crippen LogP contribution in [-0.4, -0.2) is 70.9 Å². The van der Waals surface area contributed by atoms with E-state index < -0.39 is 29.8 Å². The van der Waals surface area contributed by atoms with Crippen LogP contribution in [0.5, 0.6) is 0 Å². The average Bonchev–Trinajstić information content (AvgIpc) is 3.09. The normalized spacial score (nSPS) is 17.8. The van der Waals surface area contributed by atoms with Gasteiger partial charge in [0.15, 0.2) is 6.04 Å². The van der Waals surface area contributed by atoms with E-state index in [2.05, 4.69) is 12.1 Å². The largest absolute Gasteiger partial charge is 0.480 e. The second-order valence-electron chi connectivity index (χ2n) is 9.28. The lowest BCUT2D eigenvalue weighted by Gasteiger charge is -2.39. The summed E-state index contributed by atoms with van der Waals surface area (Å²) in [4.78, 5) is 39.6. The predicted molar refractivity (Wildman–Crippen MR) is 121 cm³/mol. The number of nitrogens with zero attached hydrogens (tertiary/aromatic N) is 2. The molecule has 2 aromatic carbocycles. The summed E-state index contributed by atoms with van der Waals surface area (Å²) in [5.41, 5.74) is 3.72. The Morgan fingerprint density at radius 3 is 2.06 bits per heavy atom. The number of carbonyl (C=O) groups is 3. The smallest absolute Gasteiger partial charge is 0.411 e. The molecule has 1 aliphatic carbocycles. The topological polar surface area (TPSA) is 96.4 Å². The van der Waals surface area contributed by atoms with Gasteiger partial charge in [-0.25, -0.2) is 14.4 Å². The van der Waals surface area contributed by atoms with Gasteiger partial charge in [-0.3, -0.25) is 4.90 Å². The van der Waals surface area contributed by atoms with Crippen LogP contribution in [0.25, 0.3) is 11.1 Å². The number of rotatable bonds is 3. The van der Waals surface area contributed by atoms with Crippen LogP contribution in [-0.2, 0) is 14.3 Å². The van der Waals surface area contributed by atoms with Crippen molar-refractivity contribution in [1.29, 1.82) is 0 Å². The molecule has 0 bridgehead atoms. The molecule has 0 saturated carbocycles. The second-order valence-corrected chi connectivity index (χ2v) is 9.28. The molecule has 1 aliphatic heterocycles. The highest BCUT2D eigenvalue weighted by molar-refractivity contribution is 5.82. The van der Waals surface area contributed by atoms with Crippen molar-refractivity contribution in [3.8, 4) is 11.1 Å². The maximum Gasteiger partial charge on any atom is 0.411 e. The number of carboxylic acid groups (broad SMARTS) is 1. The van der Waals surface area contributed by atoms with Crippen LogP contribution in [0.15, 0.2) is 48.5 Å². The number of benzene rings is 2. The first kappa shape index (κ1) is 22.6. The number of piperazine rings is 1. The molecule has 33 heavy (non-hydrogen) atoms. The van der Waals surface area contributed by atoms with E-state index in [0.29, 0.717) is 0 Å². The molecule has 1 N–H and O–H groups in total. The number of fused-ring (bicyclic) bond motifs is 3. The predicted octanol–water partition coefficient (Wildman–Crippen LogP) is 3.94. The highest BCUT2D eigenvalue weighted by Gasteiger charge is 2.40. The first-order valence-corrected chi connectivity index (χ1v) is 11.0. The Labute approximate surface area is 192 Å². The van der Waals surface area contributed by atoms with Crippen LogP contribution in [0.3, 0.4) is 0 Å². The molecule has 1 saturated heterocycles. The summed E-state index contributed by atoms with van der Waals surface area (Å²) in [5, 5.41) is 9.65. The van der Waals surface area contributed by atoms with Gasteiger partial charge in [0, 0.05) is 19.0 Å². The molecule has 0 aromatic heterocycles. The summed E-state index contributed by atoms with van der Waals surface area (Å²) in [6.07, 6.45) is -1.30. The molecule has 0 unspecified atom stereocenters. The summed E-state index contributed by atoms with van der Waals surface area (Å²) in [5.74, 6) is -1.28. The van der Waals surface area contributed by atoms with Gasteiger partial charge in [0.05, 0.1) is 6.54 Å². The highest BCUT2D eigenvalue weighted by atomic mass is 16.6. The van der Waals surface area contributed by atoms with Crippen LogP contribution < -0.4 is 0 Å². The summed E-state index contributed by atoms with van der Waals surface area (Å²) in [6, 6.07) is 14.9. The molecule has 0 radical (unpaired) electrons. The number of carboxylic acids is 1. The molecule has 1 fully saturated rings. The average molecular weight is 453 g/mol. The summed E-state index contributed by atoms with van der Waals surface area (Å²) in [6.45, 7) is 5.35. The summed E-state index contributed by atoms with van der Waals surface area (Å²) < 4.78 is 11.0. The van der Waals surface area contributed by atoms with E-state index in [1.165, 1.54) is 4.90 Å². The van der Waals surface area contributed by atoms with E-state index in [1.807, 2.05) is 36.4 Å². The first-order valence-electron chi connectivity index (χ1n) is 11.0. The van der Waals surface area contributed by atoms with E-state index >= 15 is 0 Å². The Balaban J connectivity index is 1.43. The Kier molecular flexibility index (Phi) is 6.01. The number of ether oxygens (including phenoxy) is 2. The highest BCUT2D eigenvalue weighted by Crippen LogP contribution is 2.44. The molecular weight excluding hydrogens is 424 g/mol. The zero-order valence-electron chi connectivity index (χ0n) is 19.0. The van der Waals surface area contributed by atoms with E-state index in [1.54, 1.807) is 20.8 Å². The van der Waals surface area contributed by atoms with E-state index in [9.17, 15) is 19.5 Å². The minimum atomic E-state index is -1.20. The van der Waals surface area contributed by atoms with Crippen LogP contribution in [0, 0.1) is 0 Å². The van der Waals surface area contributed by atoms with Crippen LogP contribution >= 0.6 is 0 Å². The summed E-state index contributed by atoms with van der Waals surface area (Å²) in [7, 11) is 0. The van der Waals surface area contributed by atoms with Gasteiger partial charge in [-0.15, -0.1) is 0 Å². The van der Waals surface area contributed by atoms with E-state index in [-0.39, 0.29) is 32.2 Å². The van der Waals surface area contributed by atoms with Gasteiger partial charge in [-0.2, -0.15) is 0 Å². The molecule has 1 atom stereocenters. The van der Waals surface area contributed by atoms with Crippen molar-refractivity contribution in [2.45, 2.75) is 38.3 Å². The zero-order chi connectivity index (χ0) is 23.8. The number of hydrogen-bond donors (Lipinski definition) is 1. The Hall–Kier alpha value is -3.55. The Morgan fingerprint density at radius 1 is 0.939 bits per heavy atom. The molecule has 2 aliphatic rings. The third-order valence-electron chi connectivity index (χ3n) is 5.89. The van der Waals surface area contributed by atoms with E-state index in [0.717, 1.165) is 27.2 Å². The maximum atomic E-state index is 12.8. The van der Waals surface area contributed by atoms with Crippen LogP contribution in [0.2, 0.25) is 0 Å². The maximum absolute atomic E-state index is 12.8. The minimum absolute atomic E-state index is 0.0517. The molecule has 0 spiro atoms. The van der Waals surface area contributed by atoms with Crippen molar-refractivity contribution < 1.29 is 29.0 Å². The number of hydrogen-bond acceptors (Lipinski definition) is 5. The molecule has 2 aromatic rings. The van der Waals surface area contributed by atoms with Crippen molar-refractivity contribution in [1.82, 2.24) is 9.80 Å². The molecule has 4 rings (SSSR count). The van der Waals surface area contributed by atoms with Crippen molar-refractivity contribution in [2.75, 3.05) is 26.2 Å². The van der Waals surface area contributed by atoms with Crippen LogP contribution in [0.4, 0.5) is 9.59 Å². The number of aliphatic carboxylic acids is 1. The third kappa shape index (κ3) is 4.65. The van der Waals surface area contributed by atoms with Gasteiger partial charge in [-0.05, 0) is 43.0 Å². The lowest BCUT2D eigenvalue weighted by atomic mass is 9.98. The summed E-state index contributed by atoms with van der Waals surface area (Å²) >= 11 is 0. The fourth-order valence-electron chi connectivity index (χ4n) is 4.38. The van der Waals surface area contributed by atoms with Gasteiger partial charge in [0.25, 0.3) is 0 Å². The van der Waals surface area contributed by atoms with Gasteiger partial charge < -0.3 is 19.5 Å². The van der Waals surface area contributed by atoms with Crippen molar-refractivity contribution in [2.24, 2.45) is 0 Å². The van der Waals surface area contributed by atoms with Gasteiger partial charge in [-0.1, -0.05) is 48.5 Å². The monoisotopic (exact) mass is 452 g/mol. The van der Waals surface area contributed by atoms with E-state index in [4.69, 9.17) is 9.47 Å². The quantitative estimate of drug-likeness (QED) is 0.758. The second kappa shape index (κ2) is 8.77. The molecule has 8 heteroatoms. The fourth-order valence-corrected chi connectivity index (χ4v) is 4.38. The lowest BCUT2D eigenvalue weighted by molar-refractivity contribution is -0.145. The SMILES string of the molecule is CC(C)(C)OC(=O)N1CCN(C(=O)OCC2c3ccccc3-c3ccccc32)C[C@H]1C(=O)O. The molecule has 2 amide bonds. The Morgan fingerprint density at radius 2 is 1.52 bits per heavy atom. The lowest BCUT2D eigenvalue weighted by Crippen LogP contribution is -2.60. The van der Waals surface area contributed by atoms with Gasteiger partial charge >= 0.3 is 18.2 Å². The third-order valence-corrected chi connectivity index (χ3v) is 5.89. The molecule has 8 nitrogen and oxygen atoms in total. The number of carbonyl (C=O) groups excluding carboxylic acids is 2.